The molecule has 3 aromatic rings. The SMILES string of the molecule is Cn1cc(-c2ccc(N)cn2)c2ccc(F)cc21. The van der Waals surface area contributed by atoms with Gasteiger partial charge in [0.25, 0.3) is 0 Å². The van der Waals surface area contributed by atoms with E-state index in [1.165, 1.54) is 12.1 Å². The number of halogens is 1. The van der Waals surface area contributed by atoms with Gasteiger partial charge in [-0.3, -0.25) is 4.98 Å². The lowest BCUT2D eigenvalue weighted by molar-refractivity contribution is 0.629. The molecule has 3 rings (SSSR count). The smallest absolute Gasteiger partial charge is 0.125 e. The number of nitrogens with two attached hydrogens (primary N) is 1. The number of hydrogen-bond donors (Lipinski definition) is 1. The molecule has 0 aliphatic carbocycles. The number of pyridine rings is 1. The van der Waals surface area contributed by atoms with Crippen LogP contribution in [0.25, 0.3) is 22.2 Å². The van der Waals surface area contributed by atoms with Crippen LogP contribution in [-0.4, -0.2) is 9.55 Å². The average Bonchev–Trinajstić information content (AvgIpc) is 2.68. The summed E-state index contributed by atoms with van der Waals surface area (Å²) in [5, 5.41) is 0.983. The molecule has 0 saturated heterocycles. The second-order valence-corrected chi connectivity index (χ2v) is 4.29. The van der Waals surface area contributed by atoms with E-state index in [0.717, 1.165) is 22.2 Å². The first-order valence-corrected chi connectivity index (χ1v) is 5.61. The molecule has 4 heteroatoms. The Morgan fingerprint density at radius 1 is 1.22 bits per heavy atom. The lowest BCUT2D eigenvalue weighted by atomic mass is 10.1. The van der Waals surface area contributed by atoms with Crippen molar-refractivity contribution in [2.45, 2.75) is 0 Å². The summed E-state index contributed by atoms with van der Waals surface area (Å²) in [6.07, 6.45) is 3.57. The third-order valence-electron chi connectivity index (χ3n) is 3.01. The van der Waals surface area contributed by atoms with Crippen LogP contribution in [-0.2, 0) is 7.05 Å². The third-order valence-corrected chi connectivity index (χ3v) is 3.01. The quantitative estimate of drug-likeness (QED) is 0.711. The van der Waals surface area contributed by atoms with Gasteiger partial charge in [-0.1, -0.05) is 0 Å². The van der Waals surface area contributed by atoms with Crippen molar-refractivity contribution >= 4 is 16.6 Å². The first-order chi connectivity index (χ1) is 8.65. The molecule has 2 aromatic heterocycles. The standard InChI is InChI=1S/C14H12FN3/c1-18-8-12(13-5-3-10(16)7-17-13)11-4-2-9(15)6-14(11)18/h2-8H,16H2,1H3. The van der Waals surface area contributed by atoms with E-state index in [2.05, 4.69) is 4.98 Å². The maximum absolute atomic E-state index is 13.2. The Bertz CT molecular complexity index is 714. The van der Waals surface area contributed by atoms with Crippen LogP contribution in [0.4, 0.5) is 10.1 Å². The van der Waals surface area contributed by atoms with Crippen LogP contribution < -0.4 is 5.73 Å². The molecule has 0 radical (unpaired) electrons. The van der Waals surface area contributed by atoms with Gasteiger partial charge in [0.05, 0.1) is 23.1 Å². The number of aromatic nitrogens is 2. The molecule has 0 bridgehead atoms. The fraction of sp³-hybridized carbons (Fsp3) is 0.0714. The Hall–Kier alpha value is -2.36. The minimum Gasteiger partial charge on any atom is -0.397 e. The normalized spacial score (nSPS) is 11.0. The van der Waals surface area contributed by atoms with Crippen LogP contribution in [0.2, 0.25) is 0 Å². The summed E-state index contributed by atoms with van der Waals surface area (Å²) >= 11 is 0. The maximum atomic E-state index is 13.2. The summed E-state index contributed by atoms with van der Waals surface area (Å²) in [4.78, 5) is 4.30. The molecule has 1 aromatic carbocycles. The second-order valence-electron chi connectivity index (χ2n) is 4.29. The van der Waals surface area contributed by atoms with E-state index in [1.54, 1.807) is 12.3 Å². The van der Waals surface area contributed by atoms with Gasteiger partial charge in [0.1, 0.15) is 5.82 Å². The van der Waals surface area contributed by atoms with Crippen LogP contribution >= 0.6 is 0 Å². The fourth-order valence-electron chi connectivity index (χ4n) is 2.13. The van der Waals surface area contributed by atoms with Crippen molar-refractivity contribution in [3.05, 3.63) is 48.5 Å². The van der Waals surface area contributed by atoms with E-state index >= 15 is 0 Å². The van der Waals surface area contributed by atoms with Crippen molar-refractivity contribution in [2.75, 3.05) is 5.73 Å². The van der Waals surface area contributed by atoms with Gasteiger partial charge in [-0.2, -0.15) is 0 Å². The summed E-state index contributed by atoms with van der Waals surface area (Å²) in [5.41, 5.74) is 8.92. The number of fused-ring (bicyclic) bond motifs is 1. The summed E-state index contributed by atoms with van der Waals surface area (Å²) in [5.74, 6) is -0.236. The van der Waals surface area contributed by atoms with Crippen molar-refractivity contribution in [3.8, 4) is 11.3 Å². The number of hydrogen-bond acceptors (Lipinski definition) is 2. The molecule has 0 atom stereocenters. The number of nitrogens with zero attached hydrogens (tertiary/aromatic N) is 2. The van der Waals surface area contributed by atoms with E-state index in [4.69, 9.17) is 5.73 Å². The van der Waals surface area contributed by atoms with Crippen LogP contribution in [0.5, 0.6) is 0 Å². The molecule has 0 aliphatic rings. The van der Waals surface area contributed by atoms with Gasteiger partial charge in [-0.15, -0.1) is 0 Å². The van der Waals surface area contributed by atoms with Crippen molar-refractivity contribution in [1.29, 1.82) is 0 Å². The molecule has 0 fully saturated rings. The monoisotopic (exact) mass is 241 g/mol. The molecular weight excluding hydrogens is 229 g/mol. The van der Waals surface area contributed by atoms with E-state index in [0.29, 0.717) is 5.69 Å². The average molecular weight is 241 g/mol. The van der Waals surface area contributed by atoms with Crippen LogP contribution in [0.1, 0.15) is 0 Å². The van der Waals surface area contributed by atoms with Gasteiger partial charge in [0, 0.05) is 24.2 Å². The third kappa shape index (κ3) is 1.62. The highest BCUT2D eigenvalue weighted by Crippen LogP contribution is 2.29. The lowest BCUT2D eigenvalue weighted by Crippen LogP contribution is -1.87. The van der Waals surface area contributed by atoms with Gasteiger partial charge in [-0.05, 0) is 30.3 Å². The van der Waals surface area contributed by atoms with Crippen molar-refractivity contribution in [3.63, 3.8) is 0 Å². The minimum atomic E-state index is -0.236. The summed E-state index contributed by atoms with van der Waals surface area (Å²) in [6.45, 7) is 0. The molecule has 0 unspecified atom stereocenters. The van der Waals surface area contributed by atoms with Crippen molar-refractivity contribution in [1.82, 2.24) is 9.55 Å². The Morgan fingerprint density at radius 3 is 2.78 bits per heavy atom. The highest BCUT2D eigenvalue weighted by atomic mass is 19.1. The molecule has 18 heavy (non-hydrogen) atoms. The number of aryl methyl sites for hydroxylation is 1. The van der Waals surface area contributed by atoms with Crippen LogP contribution in [0.15, 0.2) is 42.7 Å². The molecule has 0 amide bonds. The minimum absolute atomic E-state index is 0.236. The zero-order valence-corrected chi connectivity index (χ0v) is 9.89. The molecule has 3 nitrogen and oxygen atoms in total. The number of nitrogen functional groups attached to an aromatic ring is 1. The topological polar surface area (TPSA) is 43.8 Å². The van der Waals surface area contributed by atoms with Crippen molar-refractivity contribution in [2.24, 2.45) is 7.05 Å². The predicted molar refractivity (Wildman–Crippen MR) is 70.5 cm³/mol. The van der Waals surface area contributed by atoms with Gasteiger partial charge >= 0.3 is 0 Å². The summed E-state index contributed by atoms with van der Waals surface area (Å²) in [7, 11) is 1.89. The van der Waals surface area contributed by atoms with Gasteiger partial charge < -0.3 is 10.3 Å². The Labute approximate surface area is 104 Å². The van der Waals surface area contributed by atoms with E-state index in [9.17, 15) is 4.39 Å². The Kier molecular flexibility index (Phi) is 2.30. The fourth-order valence-corrected chi connectivity index (χ4v) is 2.13. The molecule has 2 heterocycles. The molecule has 0 saturated carbocycles. The second kappa shape index (κ2) is 3.84. The highest BCUT2D eigenvalue weighted by Gasteiger charge is 2.10. The molecule has 0 spiro atoms. The number of benzene rings is 1. The van der Waals surface area contributed by atoms with E-state index < -0.39 is 0 Å². The first-order valence-electron chi connectivity index (χ1n) is 5.61. The largest absolute Gasteiger partial charge is 0.397 e. The predicted octanol–water partition coefficient (Wildman–Crippen LogP) is 2.96. The van der Waals surface area contributed by atoms with Gasteiger partial charge in [0.2, 0.25) is 0 Å². The van der Waals surface area contributed by atoms with Crippen LogP contribution in [0, 0.1) is 5.82 Å². The molecule has 0 aliphatic heterocycles. The molecule has 90 valence electrons. The van der Waals surface area contributed by atoms with Crippen molar-refractivity contribution < 1.29 is 4.39 Å². The number of anilines is 1. The number of rotatable bonds is 1. The van der Waals surface area contributed by atoms with Gasteiger partial charge in [-0.25, -0.2) is 4.39 Å². The lowest BCUT2D eigenvalue weighted by Gasteiger charge is -1.99. The zero-order valence-electron chi connectivity index (χ0n) is 9.89. The first kappa shape index (κ1) is 10.8. The molecular formula is C14H12FN3. The maximum Gasteiger partial charge on any atom is 0.125 e. The van der Waals surface area contributed by atoms with E-state index in [-0.39, 0.29) is 5.82 Å². The van der Waals surface area contributed by atoms with Gasteiger partial charge in [0.15, 0.2) is 0 Å². The molecule has 2 N–H and O–H groups in total. The summed E-state index contributed by atoms with van der Waals surface area (Å²) in [6, 6.07) is 8.44. The Morgan fingerprint density at radius 2 is 2.06 bits per heavy atom. The Balaban J connectivity index is 2.26. The van der Waals surface area contributed by atoms with Crippen LogP contribution in [0.3, 0.4) is 0 Å². The van der Waals surface area contributed by atoms with E-state index in [1.807, 2.05) is 29.9 Å². The summed E-state index contributed by atoms with van der Waals surface area (Å²) < 4.78 is 15.1. The zero-order chi connectivity index (χ0) is 12.7. The highest BCUT2D eigenvalue weighted by molar-refractivity contribution is 5.95.